The van der Waals surface area contributed by atoms with Gasteiger partial charge in [-0.2, -0.15) is 0 Å². The minimum Gasteiger partial charge on any atom is -0.481 e. The first kappa shape index (κ1) is 16.3. The van der Waals surface area contributed by atoms with Gasteiger partial charge in [0.1, 0.15) is 0 Å². The molecule has 2 aliphatic rings. The maximum atomic E-state index is 12.5. The first-order valence-electron chi connectivity index (χ1n) is 8.49. The zero-order valence-corrected chi connectivity index (χ0v) is 13.4. The van der Waals surface area contributed by atoms with Crippen LogP contribution in [0.25, 0.3) is 0 Å². The van der Waals surface area contributed by atoms with Crippen molar-refractivity contribution < 1.29 is 14.7 Å². The Morgan fingerprint density at radius 3 is 2.43 bits per heavy atom. The first-order valence-corrected chi connectivity index (χ1v) is 8.49. The zero-order chi connectivity index (χ0) is 15.4. The van der Waals surface area contributed by atoms with Gasteiger partial charge in [-0.3, -0.25) is 9.59 Å². The van der Waals surface area contributed by atoms with E-state index in [0.29, 0.717) is 37.8 Å². The molecule has 1 aliphatic heterocycles. The summed E-state index contributed by atoms with van der Waals surface area (Å²) in [5, 5.41) is 9.15. The summed E-state index contributed by atoms with van der Waals surface area (Å²) in [4.78, 5) is 25.5. The highest BCUT2D eigenvalue weighted by Gasteiger charge is 2.33. The van der Waals surface area contributed by atoms with Gasteiger partial charge in [-0.1, -0.05) is 46.0 Å². The second-order valence-corrected chi connectivity index (χ2v) is 7.13. The van der Waals surface area contributed by atoms with Gasteiger partial charge in [-0.05, 0) is 24.2 Å². The molecule has 2 rings (SSSR count). The van der Waals surface area contributed by atoms with Gasteiger partial charge >= 0.3 is 5.97 Å². The Hall–Kier alpha value is -1.06. The fraction of sp³-hybridized carbons (Fsp3) is 0.882. The zero-order valence-electron chi connectivity index (χ0n) is 13.4. The quantitative estimate of drug-likeness (QED) is 0.866. The van der Waals surface area contributed by atoms with Crippen LogP contribution in [-0.2, 0) is 9.59 Å². The molecule has 3 unspecified atom stereocenters. The topological polar surface area (TPSA) is 57.6 Å². The van der Waals surface area contributed by atoms with E-state index in [1.54, 1.807) is 0 Å². The third kappa shape index (κ3) is 4.21. The van der Waals surface area contributed by atoms with Crippen LogP contribution in [0.3, 0.4) is 0 Å². The van der Waals surface area contributed by atoms with Crippen LogP contribution in [0.1, 0.15) is 58.8 Å². The predicted molar refractivity (Wildman–Crippen MR) is 81.8 cm³/mol. The predicted octanol–water partition coefficient (Wildman–Crippen LogP) is 3.16. The number of piperidine rings is 1. The molecule has 3 atom stereocenters. The smallest absolute Gasteiger partial charge is 0.306 e. The Morgan fingerprint density at radius 1 is 1.19 bits per heavy atom. The lowest BCUT2D eigenvalue weighted by molar-refractivity contribution is -0.148. The SMILES string of the molecule is CC(CC(=O)N1CCC(C(=O)O)C(C)C1)C1CCCCC1. The standard InChI is InChI=1S/C17H29NO3/c1-12(14-6-4-3-5-7-14)10-16(19)18-9-8-15(17(20)21)13(2)11-18/h12-15H,3-11H2,1-2H3,(H,20,21). The van der Waals surface area contributed by atoms with Crippen molar-refractivity contribution in [2.45, 2.75) is 58.8 Å². The van der Waals surface area contributed by atoms with E-state index in [4.69, 9.17) is 5.11 Å². The number of aliphatic carboxylic acids is 1. The Balaban J connectivity index is 1.82. The van der Waals surface area contributed by atoms with Gasteiger partial charge in [-0.15, -0.1) is 0 Å². The molecule has 0 radical (unpaired) electrons. The van der Waals surface area contributed by atoms with E-state index < -0.39 is 5.97 Å². The molecule has 0 bridgehead atoms. The summed E-state index contributed by atoms with van der Waals surface area (Å²) in [7, 11) is 0. The molecule has 1 amide bonds. The van der Waals surface area contributed by atoms with E-state index in [0.717, 1.165) is 0 Å². The van der Waals surface area contributed by atoms with E-state index in [-0.39, 0.29) is 17.7 Å². The molecule has 1 aliphatic carbocycles. The minimum atomic E-state index is -0.717. The van der Waals surface area contributed by atoms with Crippen LogP contribution in [0.15, 0.2) is 0 Å². The molecule has 1 saturated carbocycles. The highest BCUT2D eigenvalue weighted by molar-refractivity contribution is 5.77. The molecule has 0 spiro atoms. The van der Waals surface area contributed by atoms with Crippen LogP contribution in [0.4, 0.5) is 0 Å². The van der Waals surface area contributed by atoms with Gasteiger partial charge in [0.25, 0.3) is 0 Å². The molecule has 2 fully saturated rings. The molecule has 1 heterocycles. The maximum absolute atomic E-state index is 12.5. The summed E-state index contributed by atoms with van der Waals surface area (Å²) in [5.41, 5.74) is 0. The molecule has 0 aromatic rings. The average molecular weight is 295 g/mol. The monoisotopic (exact) mass is 295 g/mol. The van der Waals surface area contributed by atoms with Gasteiger partial charge in [0, 0.05) is 19.5 Å². The van der Waals surface area contributed by atoms with Crippen molar-refractivity contribution in [3.05, 3.63) is 0 Å². The van der Waals surface area contributed by atoms with Gasteiger partial charge in [0.05, 0.1) is 5.92 Å². The highest BCUT2D eigenvalue weighted by Crippen LogP contribution is 2.32. The molecule has 1 saturated heterocycles. The first-order chi connectivity index (χ1) is 9.99. The van der Waals surface area contributed by atoms with Gasteiger partial charge < -0.3 is 10.0 Å². The molecular formula is C17H29NO3. The molecule has 1 N–H and O–H groups in total. The molecule has 21 heavy (non-hydrogen) atoms. The summed E-state index contributed by atoms with van der Waals surface area (Å²) in [6, 6.07) is 0. The van der Waals surface area contributed by atoms with E-state index in [1.165, 1.54) is 32.1 Å². The van der Waals surface area contributed by atoms with Gasteiger partial charge in [0.2, 0.25) is 5.91 Å². The largest absolute Gasteiger partial charge is 0.481 e. The van der Waals surface area contributed by atoms with E-state index >= 15 is 0 Å². The number of amides is 1. The minimum absolute atomic E-state index is 0.0604. The number of carboxylic acid groups (broad SMARTS) is 1. The summed E-state index contributed by atoms with van der Waals surface area (Å²) in [6.45, 7) is 5.37. The van der Waals surface area contributed by atoms with Crippen molar-refractivity contribution in [1.82, 2.24) is 4.90 Å². The Kier molecular flexibility index (Phi) is 5.65. The Morgan fingerprint density at radius 2 is 1.86 bits per heavy atom. The number of hydrogen-bond acceptors (Lipinski definition) is 2. The second-order valence-electron chi connectivity index (χ2n) is 7.13. The van der Waals surface area contributed by atoms with Crippen molar-refractivity contribution in [1.29, 1.82) is 0 Å². The summed E-state index contributed by atoms with van der Waals surface area (Å²) < 4.78 is 0. The fourth-order valence-corrected chi connectivity index (χ4v) is 4.01. The molecule has 0 aromatic heterocycles. The lowest BCUT2D eigenvalue weighted by Crippen LogP contribution is -2.45. The van der Waals surface area contributed by atoms with Crippen LogP contribution in [0.5, 0.6) is 0 Å². The van der Waals surface area contributed by atoms with Crippen LogP contribution in [0.2, 0.25) is 0 Å². The average Bonchev–Trinajstić information content (AvgIpc) is 2.47. The second kappa shape index (κ2) is 7.28. The number of carbonyl (C=O) groups excluding carboxylic acids is 1. The molecule has 4 nitrogen and oxygen atoms in total. The Bertz CT molecular complexity index is 376. The van der Waals surface area contributed by atoms with Gasteiger partial charge in [-0.25, -0.2) is 0 Å². The summed E-state index contributed by atoms with van der Waals surface area (Å²) >= 11 is 0. The molecular weight excluding hydrogens is 266 g/mol. The van der Waals surface area contributed by atoms with Crippen LogP contribution < -0.4 is 0 Å². The van der Waals surface area contributed by atoms with Gasteiger partial charge in [0.15, 0.2) is 0 Å². The number of nitrogens with zero attached hydrogens (tertiary/aromatic N) is 1. The van der Waals surface area contributed by atoms with E-state index in [9.17, 15) is 9.59 Å². The summed E-state index contributed by atoms with van der Waals surface area (Å²) in [5.74, 6) is 0.450. The molecule has 0 aromatic carbocycles. The molecule has 4 heteroatoms. The Labute approximate surface area is 127 Å². The van der Waals surface area contributed by atoms with Crippen LogP contribution in [0, 0.1) is 23.7 Å². The van der Waals surface area contributed by atoms with Crippen molar-refractivity contribution >= 4 is 11.9 Å². The normalized spacial score (nSPS) is 29.1. The number of rotatable bonds is 4. The number of likely N-dealkylation sites (tertiary alicyclic amines) is 1. The molecule has 120 valence electrons. The number of hydrogen-bond donors (Lipinski definition) is 1. The highest BCUT2D eigenvalue weighted by atomic mass is 16.4. The van der Waals surface area contributed by atoms with Crippen molar-refractivity contribution in [2.75, 3.05) is 13.1 Å². The van der Waals surface area contributed by atoms with Crippen molar-refractivity contribution in [3.8, 4) is 0 Å². The van der Waals surface area contributed by atoms with Crippen molar-refractivity contribution in [2.24, 2.45) is 23.7 Å². The van der Waals surface area contributed by atoms with Crippen molar-refractivity contribution in [3.63, 3.8) is 0 Å². The fourth-order valence-electron chi connectivity index (χ4n) is 4.01. The lowest BCUT2D eigenvalue weighted by atomic mass is 9.79. The van der Waals surface area contributed by atoms with E-state index in [2.05, 4.69) is 6.92 Å². The summed E-state index contributed by atoms with van der Waals surface area (Å²) in [6.07, 6.45) is 7.74. The number of carboxylic acids is 1. The maximum Gasteiger partial charge on any atom is 0.306 e. The third-order valence-corrected chi connectivity index (χ3v) is 5.53. The lowest BCUT2D eigenvalue weighted by Gasteiger charge is -2.36. The van der Waals surface area contributed by atoms with Crippen LogP contribution >= 0.6 is 0 Å². The third-order valence-electron chi connectivity index (χ3n) is 5.53. The van der Waals surface area contributed by atoms with E-state index in [1.807, 2.05) is 11.8 Å². The number of carbonyl (C=O) groups is 2. The van der Waals surface area contributed by atoms with Crippen LogP contribution in [-0.4, -0.2) is 35.0 Å².